The first kappa shape index (κ1) is 20.9. The van der Waals surface area contributed by atoms with Crippen molar-refractivity contribution in [2.45, 2.75) is 56.7 Å². The second-order valence-electron chi connectivity index (χ2n) is 8.10. The number of halogens is 1. The predicted octanol–water partition coefficient (Wildman–Crippen LogP) is 2.12. The van der Waals surface area contributed by atoms with E-state index in [-0.39, 0.29) is 42.8 Å². The zero-order chi connectivity index (χ0) is 18.6. The van der Waals surface area contributed by atoms with Crippen LogP contribution in [0.4, 0.5) is 0 Å². The van der Waals surface area contributed by atoms with Gasteiger partial charge in [0.15, 0.2) is 6.61 Å². The SMILES string of the molecule is Cl.O=C(NC1CC2CCC(C1)N2)C1CCCN(C(=O)COc2ccccc2)C1. The maximum absolute atomic E-state index is 12.7. The van der Waals surface area contributed by atoms with Crippen molar-refractivity contribution in [1.82, 2.24) is 15.5 Å². The second kappa shape index (κ2) is 9.61. The van der Waals surface area contributed by atoms with Crippen molar-refractivity contribution in [3.63, 3.8) is 0 Å². The molecule has 3 heterocycles. The van der Waals surface area contributed by atoms with Crippen LogP contribution in [0, 0.1) is 5.92 Å². The molecule has 7 heteroatoms. The van der Waals surface area contributed by atoms with Gasteiger partial charge in [-0.3, -0.25) is 9.59 Å². The molecule has 3 fully saturated rings. The van der Waals surface area contributed by atoms with Gasteiger partial charge in [0.25, 0.3) is 5.91 Å². The Bertz CT molecular complexity index is 660. The van der Waals surface area contributed by atoms with Gasteiger partial charge in [-0.05, 0) is 50.7 Å². The standard InChI is InChI=1S/C21H29N3O3.ClH/c25-20(14-27-19-6-2-1-3-7-19)24-10-4-5-15(13-24)21(26)23-18-11-16-8-9-17(12-18)22-16;/h1-3,6-7,15-18,22H,4-5,8-14H2,(H,23,26);1H. The number of piperidine rings is 2. The highest BCUT2D eigenvalue weighted by Gasteiger charge is 2.36. The van der Waals surface area contributed by atoms with E-state index in [4.69, 9.17) is 4.74 Å². The summed E-state index contributed by atoms with van der Waals surface area (Å²) in [4.78, 5) is 27.0. The van der Waals surface area contributed by atoms with Gasteiger partial charge in [-0.15, -0.1) is 12.4 Å². The summed E-state index contributed by atoms with van der Waals surface area (Å²) < 4.78 is 5.57. The van der Waals surface area contributed by atoms with Crippen molar-refractivity contribution in [2.75, 3.05) is 19.7 Å². The van der Waals surface area contributed by atoms with Gasteiger partial charge in [0.05, 0.1) is 5.92 Å². The smallest absolute Gasteiger partial charge is 0.260 e. The Balaban J connectivity index is 0.00000225. The van der Waals surface area contributed by atoms with Crippen LogP contribution in [0.2, 0.25) is 0 Å². The topological polar surface area (TPSA) is 70.7 Å². The minimum Gasteiger partial charge on any atom is -0.484 e. The number of para-hydroxylation sites is 1. The molecule has 3 aliphatic rings. The number of rotatable bonds is 5. The molecule has 3 aliphatic heterocycles. The molecule has 3 unspecified atom stereocenters. The fraction of sp³-hybridized carbons (Fsp3) is 0.619. The minimum atomic E-state index is -0.105. The highest BCUT2D eigenvalue weighted by molar-refractivity contribution is 5.85. The monoisotopic (exact) mass is 407 g/mol. The second-order valence-corrected chi connectivity index (χ2v) is 8.10. The maximum Gasteiger partial charge on any atom is 0.260 e. The third-order valence-corrected chi connectivity index (χ3v) is 6.07. The molecule has 0 radical (unpaired) electrons. The zero-order valence-electron chi connectivity index (χ0n) is 16.1. The highest BCUT2D eigenvalue weighted by Crippen LogP contribution is 2.27. The van der Waals surface area contributed by atoms with Crippen LogP contribution in [0.5, 0.6) is 5.75 Å². The third-order valence-electron chi connectivity index (χ3n) is 6.07. The average molecular weight is 408 g/mol. The number of carbonyl (C=O) groups is 2. The predicted molar refractivity (Wildman–Crippen MR) is 110 cm³/mol. The van der Waals surface area contributed by atoms with E-state index in [1.165, 1.54) is 12.8 Å². The first-order chi connectivity index (χ1) is 13.2. The fourth-order valence-corrected chi connectivity index (χ4v) is 4.66. The van der Waals surface area contributed by atoms with Gasteiger partial charge in [-0.2, -0.15) is 0 Å². The molecule has 28 heavy (non-hydrogen) atoms. The van der Waals surface area contributed by atoms with E-state index in [0.29, 0.717) is 30.9 Å². The van der Waals surface area contributed by atoms with E-state index in [0.717, 1.165) is 25.7 Å². The van der Waals surface area contributed by atoms with E-state index >= 15 is 0 Å². The summed E-state index contributed by atoms with van der Waals surface area (Å²) in [5.41, 5.74) is 0. The van der Waals surface area contributed by atoms with Gasteiger partial charge in [0.2, 0.25) is 5.91 Å². The Morgan fingerprint density at radius 3 is 2.54 bits per heavy atom. The molecule has 2 bridgehead atoms. The van der Waals surface area contributed by atoms with Crippen molar-refractivity contribution >= 4 is 24.2 Å². The lowest BCUT2D eigenvalue weighted by atomic mass is 9.94. The summed E-state index contributed by atoms with van der Waals surface area (Å²) in [7, 11) is 0. The molecule has 4 rings (SSSR count). The molecular weight excluding hydrogens is 378 g/mol. The number of hydrogen-bond donors (Lipinski definition) is 2. The van der Waals surface area contributed by atoms with Gasteiger partial charge in [0, 0.05) is 31.2 Å². The van der Waals surface area contributed by atoms with Crippen LogP contribution in [0.1, 0.15) is 38.5 Å². The number of amides is 2. The van der Waals surface area contributed by atoms with Crippen molar-refractivity contribution in [2.24, 2.45) is 5.92 Å². The number of nitrogens with zero attached hydrogens (tertiary/aromatic N) is 1. The molecule has 6 nitrogen and oxygen atoms in total. The molecule has 0 spiro atoms. The molecule has 3 atom stereocenters. The van der Waals surface area contributed by atoms with Gasteiger partial charge >= 0.3 is 0 Å². The first-order valence-electron chi connectivity index (χ1n) is 10.2. The van der Waals surface area contributed by atoms with Crippen molar-refractivity contribution in [3.8, 4) is 5.75 Å². The van der Waals surface area contributed by atoms with Crippen LogP contribution in [0.25, 0.3) is 0 Å². The fourth-order valence-electron chi connectivity index (χ4n) is 4.66. The number of fused-ring (bicyclic) bond motifs is 2. The molecule has 3 saturated heterocycles. The number of carbonyl (C=O) groups excluding carboxylic acids is 2. The Hall–Kier alpha value is -1.79. The summed E-state index contributed by atoms with van der Waals surface area (Å²) in [6, 6.07) is 10.8. The van der Waals surface area contributed by atoms with Gasteiger partial charge in [0.1, 0.15) is 5.75 Å². The highest BCUT2D eigenvalue weighted by atomic mass is 35.5. The molecule has 0 aliphatic carbocycles. The number of hydrogen-bond acceptors (Lipinski definition) is 4. The van der Waals surface area contributed by atoms with Gasteiger partial charge in [-0.1, -0.05) is 18.2 Å². The lowest BCUT2D eigenvalue weighted by molar-refractivity contribution is -0.137. The quantitative estimate of drug-likeness (QED) is 0.784. The van der Waals surface area contributed by atoms with Crippen LogP contribution >= 0.6 is 12.4 Å². The number of nitrogens with one attached hydrogen (secondary N) is 2. The van der Waals surface area contributed by atoms with Crippen LogP contribution in [-0.4, -0.2) is 54.5 Å². The number of ether oxygens (including phenoxy) is 1. The lowest BCUT2D eigenvalue weighted by Crippen LogP contribution is -2.52. The van der Waals surface area contributed by atoms with E-state index in [1.807, 2.05) is 30.3 Å². The summed E-state index contributed by atoms with van der Waals surface area (Å²) in [5, 5.41) is 6.86. The summed E-state index contributed by atoms with van der Waals surface area (Å²) in [6.07, 6.45) is 6.24. The zero-order valence-corrected chi connectivity index (χ0v) is 17.0. The van der Waals surface area contributed by atoms with E-state index < -0.39 is 0 Å². The number of benzene rings is 1. The van der Waals surface area contributed by atoms with Crippen LogP contribution in [0.3, 0.4) is 0 Å². The largest absolute Gasteiger partial charge is 0.484 e. The van der Waals surface area contributed by atoms with Crippen molar-refractivity contribution in [3.05, 3.63) is 30.3 Å². The summed E-state index contributed by atoms with van der Waals surface area (Å²) in [6.45, 7) is 1.23. The summed E-state index contributed by atoms with van der Waals surface area (Å²) >= 11 is 0. The Labute approximate surface area is 172 Å². The third kappa shape index (κ3) is 5.17. The first-order valence-corrected chi connectivity index (χ1v) is 10.2. The molecule has 1 aromatic carbocycles. The Kier molecular flexibility index (Phi) is 7.18. The van der Waals surface area contributed by atoms with Crippen LogP contribution in [0.15, 0.2) is 30.3 Å². The van der Waals surface area contributed by atoms with E-state index in [2.05, 4.69) is 10.6 Å². The van der Waals surface area contributed by atoms with Crippen LogP contribution in [-0.2, 0) is 9.59 Å². The van der Waals surface area contributed by atoms with Crippen molar-refractivity contribution in [1.29, 1.82) is 0 Å². The minimum absolute atomic E-state index is 0. The molecule has 0 aromatic heterocycles. The molecule has 0 saturated carbocycles. The maximum atomic E-state index is 12.7. The molecular formula is C21H30ClN3O3. The van der Waals surface area contributed by atoms with Gasteiger partial charge in [-0.25, -0.2) is 0 Å². The Morgan fingerprint density at radius 1 is 1.11 bits per heavy atom. The molecule has 154 valence electrons. The molecule has 2 N–H and O–H groups in total. The van der Waals surface area contributed by atoms with Crippen LogP contribution < -0.4 is 15.4 Å². The van der Waals surface area contributed by atoms with Gasteiger partial charge < -0.3 is 20.3 Å². The molecule has 2 amide bonds. The number of likely N-dealkylation sites (tertiary alicyclic amines) is 1. The average Bonchev–Trinajstić information content (AvgIpc) is 3.05. The Morgan fingerprint density at radius 2 is 1.82 bits per heavy atom. The lowest BCUT2D eigenvalue weighted by Gasteiger charge is -2.34. The van der Waals surface area contributed by atoms with E-state index in [9.17, 15) is 9.59 Å². The summed E-state index contributed by atoms with van der Waals surface area (Å²) in [5.74, 6) is 0.656. The van der Waals surface area contributed by atoms with Crippen molar-refractivity contribution < 1.29 is 14.3 Å². The van der Waals surface area contributed by atoms with E-state index in [1.54, 1.807) is 4.90 Å². The molecule has 1 aromatic rings. The normalized spacial score (nSPS) is 28.9.